The summed E-state index contributed by atoms with van der Waals surface area (Å²) in [6, 6.07) is 14.0. The topological polar surface area (TPSA) is 89.7 Å². The Bertz CT molecular complexity index is 1010. The third-order valence-corrected chi connectivity index (χ3v) is 3.96. The summed E-state index contributed by atoms with van der Waals surface area (Å²) in [5.41, 5.74) is 0.781. The van der Waals surface area contributed by atoms with Gasteiger partial charge in [0, 0.05) is 17.0 Å². The Morgan fingerprint density at radius 1 is 1.08 bits per heavy atom. The van der Waals surface area contributed by atoms with Gasteiger partial charge in [0.15, 0.2) is 11.5 Å². The number of H-pyrrole nitrogens is 1. The molecule has 0 atom stereocenters. The fraction of sp³-hybridized carbons (Fsp3) is 0.158. The standard InChI is InChI=1S/C19H16N2O5/c22-18-13(11-20-19(23)26-14-4-2-1-3-5-14)8-12-9-16-17(10-15(12)21-18)25-7-6-24-16/h1-5,8-10H,6-7,11H2,(H,20,23)(H,21,22). The van der Waals surface area contributed by atoms with Gasteiger partial charge in [-0.1, -0.05) is 18.2 Å². The molecule has 0 fully saturated rings. The lowest BCUT2D eigenvalue weighted by Crippen LogP contribution is -2.29. The minimum Gasteiger partial charge on any atom is -0.486 e. The van der Waals surface area contributed by atoms with E-state index in [1.165, 1.54) is 0 Å². The average molecular weight is 352 g/mol. The molecule has 1 aliphatic rings. The van der Waals surface area contributed by atoms with Crippen molar-refractivity contribution in [1.82, 2.24) is 10.3 Å². The van der Waals surface area contributed by atoms with Crippen molar-refractivity contribution < 1.29 is 19.0 Å². The van der Waals surface area contributed by atoms with Gasteiger partial charge in [-0.3, -0.25) is 4.79 Å². The van der Waals surface area contributed by atoms with Gasteiger partial charge in [0.05, 0.1) is 12.1 Å². The zero-order chi connectivity index (χ0) is 17.9. The number of fused-ring (bicyclic) bond motifs is 2. The fourth-order valence-electron chi connectivity index (χ4n) is 2.72. The molecule has 26 heavy (non-hydrogen) atoms. The van der Waals surface area contributed by atoms with Crippen molar-refractivity contribution in [3.8, 4) is 17.2 Å². The molecular formula is C19H16N2O5. The molecule has 0 aliphatic carbocycles. The van der Waals surface area contributed by atoms with E-state index in [1.807, 2.05) is 12.1 Å². The number of hydrogen-bond donors (Lipinski definition) is 2. The smallest absolute Gasteiger partial charge is 0.412 e. The van der Waals surface area contributed by atoms with Gasteiger partial charge in [0.2, 0.25) is 0 Å². The number of aromatic nitrogens is 1. The second kappa shape index (κ2) is 6.79. The molecule has 1 aromatic heterocycles. The Morgan fingerprint density at radius 2 is 1.81 bits per heavy atom. The summed E-state index contributed by atoms with van der Waals surface area (Å²) in [7, 11) is 0. The Kier molecular flexibility index (Phi) is 4.18. The number of para-hydroxylation sites is 1. The number of carbonyl (C=O) groups excluding carboxylic acids is 1. The molecule has 2 heterocycles. The van der Waals surface area contributed by atoms with Crippen molar-refractivity contribution >= 4 is 17.0 Å². The van der Waals surface area contributed by atoms with Crippen LogP contribution in [0.4, 0.5) is 4.79 Å². The highest BCUT2D eigenvalue weighted by atomic mass is 16.6. The van der Waals surface area contributed by atoms with Crippen molar-refractivity contribution in [2.75, 3.05) is 13.2 Å². The third kappa shape index (κ3) is 3.32. The number of amides is 1. The van der Waals surface area contributed by atoms with E-state index < -0.39 is 6.09 Å². The summed E-state index contributed by atoms with van der Waals surface area (Å²) in [4.78, 5) is 26.9. The number of hydrogen-bond acceptors (Lipinski definition) is 5. The van der Waals surface area contributed by atoms with E-state index >= 15 is 0 Å². The van der Waals surface area contributed by atoms with Crippen molar-refractivity contribution in [1.29, 1.82) is 0 Å². The highest BCUT2D eigenvalue weighted by Crippen LogP contribution is 2.33. The molecule has 0 spiro atoms. The summed E-state index contributed by atoms with van der Waals surface area (Å²) in [5, 5.41) is 3.37. The normalized spacial score (nSPS) is 12.6. The Morgan fingerprint density at radius 3 is 2.58 bits per heavy atom. The number of rotatable bonds is 3. The first-order chi connectivity index (χ1) is 12.7. The molecule has 2 aromatic carbocycles. The van der Waals surface area contributed by atoms with Crippen LogP contribution in [-0.4, -0.2) is 24.3 Å². The highest BCUT2D eigenvalue weighted by molar-refractivity contribution is 5.83. The second-order valence-electron chi connectivity index (χ2n) is 5.76. The van der Waals surface area contributed by atoms with Crippen LogP contribution in [0.15, 0.2) is 53.3 Å². The minimum atomic E-state index is -0.627. The largest absolute Gasteiger partial charge is 0.486 e. The van der Waals surface area contributed by atoms with Gasteiger partial charge in [-0.15, -0.1) is 0 Å². The number of pyridine rings is 1. The van der Waals surface area contributed by atoms with Crippen LogP contribution in [0, 0.1) is 0 Å². The van der Waals surface area contributed by atoms with Crippen LogP contribution in [0.2, 0.25) is 0 Å². The molecule has 0 unspecified atom stereocenters. The molecule has 1 amide bonds. The summed E-state index contributed by atoms with van der Waals surface area (Å²) < 4.78 is 16.2. The molecule has 7 heteroatoms. The Hall–Kier alpha value is -3.48. The van der Waals surface area contributed by atoms with Crippen LogP contribution in [0.1, 0.15) is 5.56 Å². The maximum absolute atomic E-state index is 12.3. The predicted octanol–water partition coefficient (Wildman–Crippen LogP) is 2.59. The van der Waals surface area contributed by atoms with Crippen LogP contribution in [-0.2, 0) is 6.54 Å². The van der Waals surface area contributed by atoms with Crippen LogP contribution in [0.3, 0.4) is 0 Å². The van der Waals surface area contributed by atoms with E-state index in [0.717, 1.165) is 5.39 Å². The number of benzene rings is 2. The maximum atomic E-state index is 12.3. The first-order valence-corrected chi connectivity index (χ1v) is 8.15. The fourth-order valence-corrected chi connectivity index (χ4v) is 2.72. The summed E-state index contributed by atoms with van der Waals surface area (Å²) in [6.45, 7) is 1.02. The molecular weight excluding hydrogens is 336 g/mol. The van der Waals surface area contributed by atoms with Gasteiger partial charge in [-0.05, 0) is 24.3 Å². The zero-order valence-corrected chi connectivity index (χ0v) is 13.8. The van der Waals surface area contributed by atoms with E-state index in [2.05, 4.69) is 10.3 Å². The molecule has 7 nitrogen and oxygen atoms in total. The molecule has 0 bridgehead atoms. The SMILES string of the molecule is O=C(NCc1cc2cc3c(cc2[nH]c1=O)OCCO3)Oc1ccccc1. The average Bonchev–Trinajstić information content (AvgIpc) is 2.65. The van der Waals surface area contributed by atoms with Crippen molar-refractivity contribution in [3.63, 3.8) is 0 Å². The zero-order valence-electron chi connectivity index (χ0n) is 13.8. The van der Waals surface area contributed by atoms with Crippen molar-refractivity contribution in [2.45, 2.75) is 6.54 Å². The molecule has 132 valence electrons. The lowest BCUT2D eigenvalue weighted by Gasteiger charge is -2.18. The Balaban J connectivity index is 1.52. The quantitative estimate of drug-likeness (QED) is 0.756. The maximum Gasteiger partial charge on any atom is 0.412 e. The molecule has 0 saturated carbocycles. The number of carbonyl (C=O) groups is 1. The lowest BCUT2D eigenvalue weighted by atomic mass is 10.1. The second-order valence-corrected chi connectivity index (χ2v) is 5.76. The third-order valence-electron chi connectivity index (χ3n) is 3.96. The Labute approximate surface area is 148 Å². The number of aromatic amines is 1. The van der Waals surface area contributed by atoms with Crippen molar-refractivity contribution in [3.05, 3.63) is 64.4 Å². The van der Waals surface area contributed by atoms with Crippen LogP contribution >= 0.6 is 0 Å². The summed E-state index contributed by atoms with van der Waals surface area (Å²) in [6.07, 6.45) is -0.627. The first-order valence-electron chi connectivity index (χ1n) is 8.15. The molecule has 2 N–H and O–H groups in total. The van der Waals surface area contributed by atoms with Crippen molar-refractivity contribution in [2.24, 2.45) is 0 Å². The minimum absolute atomic E-state index is 0.0470. The highest BCUT2D eigenvalue weighted by Gasteiger charge is 2.14. The van der Waals surface area contributed by atoms with Gasteiger partial charge in [0.25, 0.3) is 5.56 Å². The van der Waals surface area contributed by atoms with E-state index in [1.54, 1.807) is 36.4 Å². The summed E-state index contributed by atoms with van der Waals surface area (Å²) >= 11 is 0. The summed E-state index contributed by atoms with van der Waals surface area (Å²) in [5.74, 6) is 1.68. The molecule has 3 aromatic rings. The molecule has 1 aliphatic heterocycles. The predicted molar refractivity (Wildman–Crippen MR) is 94.9 cm³/mol. The van der Waals surface area contributed by atoms with Gasteiger partial charge in [0.1, 0.15) is 19.0 Å². The molecule has 0 saturated heterocycles. The number of ether oxygens (including phenoxy) is 3. The number of nitrogens with one attached hydrogen (secondary N) is 2. The van der Waals surface area contributed by atoms with Gasteiger partial charge < -0.3 is 24.5 Å². The van der Waals surface area contributed by atoms with Gasteiger partial charge in [-0.2, -0.15) is 0 Å². The van der Waals surface area contributed by atoms with Gasteiger partial charge >= 0.3 is 6.09 Å². The van der Waals surface area contributed by atoms with Crippen LogP contribution in [0.5, 0.6) is 17.2 Å². The van der Waals surface area contributed by atoms with E-state index in [4.69, 9.17) is 14.2 Å². The molecule has 4 rings (SSSR count). The van der Waals surface area contributed by atoms with Gasteiger partial charge in [-0.25, -0.2) is 4.79 Å². The van der Waals surface area contributed by atoms with Crippen LogP contribution < -0.4 is 25.1 Å². The van der Waals surface area contributed by atoms with E-state index in [-0.39, 0.29) is 12.1 Å². The lowest BCUT2D eigenvalue weighted by molar-refractivity contribution is 0.172. The molecule has 0 radical (unpaired) electrons. The van der Waals surface area contributed by atoms with E-state index in [9.17, 15) is 9.59 Å². The van der Waals surface area contributed by atoms with E-state index in [0.29, 0.717) is 41.5 Å². The van der Waals surface area contributed by atoms with Crippen LogP contribution in [0.25, 0.3) is 10.9 Å². The monoisotopic (exact) mass is 352 g/mol. The first kappa shape index (κ1) is 16.0.